The molecule has 0 aromatic heterocycles. The van der Waals surface area contributed by atoms with Crippen molar-refractivity contribution < 1.29 is 17.9 Å². The topological polar surface area (TPSA) is 63.7 Å². The van der Waals surface area contributed by atoms with Gasteiger partial charge in [0.2, 0.25) is 10.0 Å². The van der Waals surface area contributed by atoms with Crippen LogP contribution in [0.1, 0.15) is 40.5 Å². The molecular formula is C11H23NO4S. The summed E-state index contributed by atoms with van der Waals surface area (Å²) in [5, 5.41) is 0. The van der Waals surface area contributed by atoms with Gasteiger partial charge in [0.1, 0.15) is 6.54 Å². The zero-order valence-electron chi connectivity index (χ0n) is 11.1. The number of rotatable bonds is 8. The predicted molar refractivity (Wildman–Crippen MR) is 67.2 cm³/mol. The Labute approximate surface area is 104 Å². The molecule has 0 unspecified atom stereocenters. The van der Waals surface area contributed by atoms with Gasteiger partial charge in [-0.3, -0.25) is 4.79 Å². The Balaban J connectivity index is 4.67. The van der Waals surface area contributed by atoms with Crippen molar-refractivity contribution >= 4 is 16.0 Å². The van der Waals surface area contributed by atoms with Crippen molar-refractivity contribution in [3.05, 3.63) is 0 Å². The zero-order chi connectivity index (χ0) is 13.5. The second kappa shape index (κ2) is 7.66. The average Bonchev–Trinajstić information content (AvgIpc) is 2.23. The Morgan fingerprint density at radius 2 is 1.88 bits per heavy atom. The third kappa shape index (κ3) is 6.02. The molecular weight excluding hydrogens is 242 g/mol. The highest BCUT2D eigenvalue weighted by Crippen LogP contribution is 2.10. The molecule has 0 heterocycles. The summed E-state index contributed by atoms with van der Waals surface area (Å²) >= 11 is 0. The minimum atomic E-state index is -3.36. The van der Waals surface area contributed by atoms with E-state index in [1.807, 2.05) is 6.92 Å². The fourth-order valence-corrected chi connectivity index (χ4v) is 3.21. The normalized spacial score (nSPS) is 12.1. The molecule has 102 valence electrons. The smallest absolute Gasteiger partial charge is 0.321 e. The molecule has 0 rings (SSSR count). The first-order valence-corrected chi connectivity index (χ1v) is 7.61. The van der Waals surface area contributed by atoms with Crippen molar-refractivity contribution in [1.29, 1.82) is 0 Å². The second-order valence-electron chi connectivity index (χ2n) is 4.11. The Morgan fingerprint density at radius 3 is 2.29 bits per heavy atom. The van der Waals surface area contributed by atoms with E-state index < -0.39 is 16.0 Å². The van der Waals surface area contributed by atoms with E-state index in [1.165, 1.54) is 4.31 Å². The lowest BCUT2D eigenvalue weighted by molar-refractivity contribution is -0.143. The number of carbonyl (C=O) groups excluding carboxylic acids is 1. The van der Waals surface area contributed by atoms with Gasteiger partial charge >= 0.3 is 5.97 Å². The quantitative estimate of drug-likeness (QED) is 0.622. The van der Waals surface area contributed by atoms with E-state index in [1.54, 1.807) is 20.8 Å². The van der Waals surface area contributed by atoms with Crippen LogP contribution in [0.25, 0.3) is 0 Å². The lowest BCUT2D eigenvalue weighted by atomic mass is 10.4. The van der Waals surface area contributed by atoms with E-state index in [0.29, 0.717) is 6.42 Å². The summed E-state index contributed by atoms with van der Waals surface area (Å²) in [5.74, 6) is -0.414. The van der Waals surface area contributed by atoms with Gasteiger partial charge in [0.05, 0.1) is 12.4 Å². The molecule has 0 aromatic rings. The monoisotopic (exact) mass is 265 g/mol. The molecule has 0 radical (unpaired) electrons. The van der Waals surface area contributed by atoms with Crippen molar-refractivity contribution in [2.75, 3.05) is 18.9 Å². The van der Waals surface area contributed by atoms with E-state index in [9.17, 15) is 13.2 Å². The third-order valence-corrected chi connectivity index (χ3v) is 4.35. The molecule has 0 aliphatic heterocycles. The number of esters is 1. The predicted octanol–water partition coefficient (Wildman–Crippen LogP) is 1.39. The highest BCUT2D eigenvalue weighted by molar-refractivity contribution is 7.89. The minimum absolute atomic E-state index is 0.0844. The van der Waals surface area contributed by atoms with Crippen molar-refractivity contribution in [1.82, 2.24) is 4.31 Å². The van der Waals surface area contributed by atoms with E-state index in [-0.39, 0.29) is 24.9 Å². The van der Waals surface area contributed by atoms with Crippen molar-refractivity contribution in [3.63, 3.8) is 0 Å². The van der Waals surface area contributed by atoms with Crippen LogP contribution < -0.4 is 0 Å². The number of hydrogen-bond acceptors (Lipinski definition) is 4. The highest BCUT2D eigenvalue weighted by Gasteiger charge is 2.27. The SMILES string of the molecule is CCCCS(=O)(=O)N(CC(=O)OCC)C(C)C. The van der Waals surface area contributed by atoms with E-state index in [2.05, 4.69) is 0 Å². The molecule has 0 aromatic carbocycles. The van der Waals surface area contributed by atoms with E-state index in [4.69, 9.17) is 4.74 Å². The van der Waals surface area contributed by atoms with Gasteiger partial charge in [0.15, 0.2) is 0 Å². The standard InChI is InChI=1S/C11H23NO4S/c1-5-7-8-17(14,15)12(10(3)4)9-11(13)16-6-2/h10H,5-9H2,1-4H3. The second-order valence-corrected chi connectivity index (χ2v) is 6.15. The number of unbranched alkanes of at least 4 members (excludes halogenated alkanes) is 1. The molecule has 0 fully saturated rings. The van der Waals surface area contributed by atoms with E-state index >= 15 is 0 Å². The number of carbonyl (C=O) groups is 1. The van der Waals surface area contributed by atoms with Crippen LogP contribution in [0, 0.1) is 0 Å². The molecule has 0 saturated carbocycles. The van der Waals surface area contributed by atoms with Crippen LogP contribution in [0.5, 0.6) is 0 Å². The number of ether oxygens (including phenoxy) is 1. The van der Waals surface area contributed by atoms with Gasteiger partial charge in [0.25, 0.3) is 0 Å². The minimum Gasteiger partial charge on any atom is -0.465 e. The van der Waals surface area contributed by atoms with Gasteiger partial charge < -0.3 is 4.74 Å². The summed E-state index contributed by atoms with van der Waals surface area (Å²) in [6.45, 7) is 7.20. The molecule has 0 bridgehead atoms. The van der Waals surface area contributed by atoms with Gasteiger partial charge in [-0.2, -0.15) is 4.31 Å². The molecule has 17 heavy (non-hydrogen) atoms. The van der Waals surface area contributed by atoms with Crippen molar-refractivity contribution in [3.8, 4) is 0 Å². The molecule has 6 heteroatoms. The molecule has 0 N–H and O–H groups in total. The molecule has 0 saturated heterocycles. The lowest BCUT2D eigenvalue weighted by Crippen LogP contribution is -2.42. The first-order valence-electron chi connectivity index (χ1n) is 6.00. The van der Waals surface area contributed by atoms with Gasteiger partial charge in [-0.1, -0.05) is 13.3 Å². The van der Waals surface area contributed by atoms with Crippen LogP contribution in [-0.4, -0.2) is 43.6 Å². The molecule has 0 aliphatic carbocycles. The maximum absolute atomic E-state index is 12.0. The van der Waals surface area contributed by atoms with Crippen LogP contribution in [0.4, 0.5) is 0 Å². The summed E-state index contributed by atoms with van der Waals surface area (Å²) in [4.78, 5) is 11.4. The van der Waals surface area contributed by atoms with Crippen LogP contribution in [0.3, 0.4) is 0 Å². The Kier molecular flexibility index (Phi) is 7.38. The molecule has 0 spiro atoms. The fourth-order valence-electron chi connectivity index (χ4n) is 1.38. The summed E-state index contributed by atoms with van der Waals surface area (Å²) in [6, 6.07) is -0.235. The largest absolute Gasteiger partial charge is 0.465 e. The van der Waals surface area contributed by atoms with Crippen LogP contribution in [-0.2, 0) is 19.6 Å². The maximum atomic E-state index is 12.0. The Bertz CT molecular complexity index is 324. The number of nitrogens with zero attached hydrogens (tertiary/aromatic N) is 1. The highest BCUT2D eigenvalue weighted by atomic mass is 32.2. The summed E-state index contributed by atoms with van der Waals surface area (Å²) < 4.78 is 30.0. The lowest BCUT2D eigenvalue weighted by Gasteiger charge is -2.24. The van der Waals surface area contributed by atoms with Crippen LogP contribution in [0.15, 0.2) is 0 Å². The van der Waals surface area contributed by atoms with E-state index in [0.717, 1.165) is 6.42 Å². The fraction of sp³-hybridized carbons (Fsp3) is 0.909. The average molecular weight is 265 g/mol. The summed E-state index contributed by atoms with van der Waals surface area (Å²) in [7, 11) is -3.36. The Hall–Kier alpha value is -0.620. The first-order chi connectivity index (χ1) is 7.85. The van der Waals surface area contributed by atoms with Gasteiger partial charge in [-0.25, -0.2) is 8.42 Å². The van der Waals surface area contributed by atoms with Crippen molar-refractivity contribution in [2.45, 2.75) is 46.6 Å². The van der Waals surface area contributed by atoms with Crippen LogP contribution >= 0.6 is 0 Å². The molecule has 5 nitrogen and oxygen atoms in total. The Morgan fingerprint density at radius 1 is 1.29 bits per heavy atom. The van der Waals surface area contributed by atoms with Gasteiger partial charge in [-0.05, 0) is 27.2 Å². The number of hydrogen-bond donors (Lipinski definition) is 0. The maximum Gasteiger partial charge on any atom is 0.321 e. The summed E-state index contributed by atoms with van der Waals surface area (Å²) in [6.07, 6.45) is 1.42. The molecule has 0 amide bonds. The third-order valence-electron chi connectivity index (χ3n) is 2.28. The van der Waals surface area contributed by atoms with Gasteiger partial charge in [0, 0.05) is 6.04 Å². The first kappa shape index (κ1) is 16.4. The van der Waals surface area contributed by atoms with Crippen LogP contribution in [0.2, 0.25) is 0 Å². The van der Waals surface area contributed by atoms with Gasteiger partial charge in [-0.15, -0.1) is 0 Å². The molecule has 0 atom stereocenters. The summed E-state index contributed by atoms with van der Waals surface area (Å²) in [5.41, 5.74) is 0. The zero-order valence-corrected chi connectivity index (χ0v) is 11.9. The number of sulfonamides is 1. The van der Waals surface area contributed by atoms with Crippen molar-refractivity contribution in [2.24, 2.45) is 0 Å². The molecule has 0 aliphatic rings.